The lowest BCUT2D eigenvalue weighted by atomic mass is 10.2. The van der Waals surface area contributed by atoms with Gasteiger partial charge in [-0.1, -0.05) is 0 Å². The van der Waals surface area contributed by atoms with Crippen molar-refractivity contribution in [1.82, 2.24) is 0 Å². The van der Waals surface area contributed by atoms with E-state index in [0.717, 1.165) is 5.56 Å². The summed E-state index contributed by atoms with van der Waals surface area (Å²) in [5.74, 6) is -0.290. The first kappa shape index (κ1) is 6.29. The third-order valence-corrected chi connectivity index (χ3v) is 1.58. The van der Waals surface area contributed by atoms with Gasteiger partial charge in [0.15, 0.2) is 0 Å². The number of hydrogen-bond acceptors (Lipinski definition) is 2. The van der Waals surface area contributed by atoms with E-state index in [-0.39, 0.29) is 5.91 Å². The van der Waals surface area contributed by atoms with Crippen molar-refractivity contribution in [2.45, 2.75) is 6.42 Å². The van der Waals surface area contributed by atoms with Crippen molar-refractivity contribution in [1.29, 1.82) is 0 Å². The van der Waals surface area contributed by atoms with Crippen LogP contribution in [0.4, 0.5) is 0 Å². The van der Waals surface area contributed by atoms with Gasteiger partial charge in [0.25, 0.3) is 0 Å². The molecule has 1 rings (SSSR count). The van der Waals surface area contributed by atoms with Gasteiger partial charge < -0.3 is 5.73 Å². The van der Waals surface area contributed by atoms with Gasteiger partial charge in [0.1, 0.15) is 0 Å². The van der Waals surface area contributed by atoms with Crippen molar-refractivity contribution >= 4 is 17.2 Å². The average molecular weight is 140 g/mol. The van der Waals surface area contributed by atoms with E-state index in [1.165, 1.54) is 11.3 Å². The number of rotatable bonds is 2. The topological polar surface area (TPSA) is 43.1 Å². The molecule has 0 spiro atoms. The molecule has 0 saturated heterocycles. The maximum absolute atomic E-state index is 10.3. The third kappa shape index (κ3) is 1.85. The predicted molar refractivity (Wildman–Crippen MR) is 36.1 cm³/mol. The zero-order valence-electron chi connectivity index (χ0n) is 4.76. The zero-order chi connectivity index (χ0) is 6.69. The highest BCUT2D eigenvalue weighted by atomic mass is 32.1. The molecule has 0 aliphatic heterocycles. The molecule has 0 aliphatic carbocycles. The van der Waals surface area contributed by atoms with Crippen molar-refractivity contribution in [2.75, 3.05) is 0 Å². The van der Waals surface area contributed by atoms with Crippen molar-refractivity contribution in [3.8, 4) is 0 Å². The monoisotopic (exact) mass is 140 g/mol. The first-order valence-corrected chi connectivity index (χ1v) is 3.39. The van der Waals surface area contributed by atoms with E-state index in [1.54, 1.807) is 6.07 Å². The van der Waals surface area contributed by atoms with Crippen LogP contribution in [-0.4, -0.2) is 5.91 Å². The SMILES string of the molecule is NC(=O)Cc1c[c]sc1. The quantitative estimate of drug-likeness (QED) is 0.641. The number of primary amides is 1. The minimum Gasteiger partial charge on any atom is -0.369 e. The Bertz CT molecular complexity index is 193. The van der Waals surface area contributed by atoms with Crippen molar-refractivity contribution in [3.05, 3.63) is 22.4 Å². The molecule has 0 aliphatic rings. The highest BCUT2D eigenvalue weighted by Crippen LogP contribution is 2.04. The van der Waals surface area contributed by atoms with Crippen molar-refractivity contribution in [3.63, 3.8) is 0 Å². The van der Waals surface area contributed by atoms with Gasteiger partial charge in [0.2, 0.25) is 5.91 Å². The number of carbonyl (C=O) groups is 1. The molecule has 2 nitrogen and oxygen atoms in total. The molecule has 1 aromatic heterocycles. The Labute approximate surface area is 57.3 Å². The van der Waals surface area contributed by atoms with Gasteiger partial charge in [-0.25, -0.2) is 0 Å². The number of thiophene rings is 1. The molecule has 1 radical (unpaired) electrons. The predicted octanol–water partition coefficient (Wildman–Crippen LogP) is 0.576. The molecular weight excluding hydrogens is 134 g/mol. The van der Waals surface area contributed by atoms with Gasteiger partial charge in [0.05, 0.1) is 6.42 Å². The van der Waals surface area contributed by atoms with Crippen LogP contribution in [0.3, 0.4) is 0 Å². The summed E-state index contributed by atoms with van der Waals surface area (Å²) in [4.78, 5) is 10.3. The average Bonchev–Trinajstić information content (AvgIpc) is 2.15. The summed E-state index contributed by atoms with van der Waals surface area (Å²) in [5, 5.41) is 4.73. The van der Waals surface area contributed by atoms with Crippen LogP contribution < -0.4 is 5.73 Å². The van der Waals surface area contributed by atoms with E-state index >= 15 is 0 Å². The molecule has 0 bridgehead atoms. The van der Waals surface area contributed by atoms with Crippen LogP contribution >= 0.6 is 11.3 Å². The molecule has 0 saturated carbocycles. The largest absolute Gasteiger partial charge is 0.369 e. The van der Waals surface area contributed by atoms with Gasteiger partial charge in [0, 0.05) is 5.38 Å². The summed E-state index contributed by atoms with van der Waals surface area (Å²) in [6.07, 6.45) is 0.333. The van der Waals surface area contributed by atoms with Crippen LogP contribution in [0, 0.1) is 5.38 Å². The van der Waals surface area contributed by atoms with E-state index in [0.29, 0.717) is 6.42 Å². The molecule has 0 atom stereocenters. The smallest absolute Gasteiger partial charge is 0.221 e. The Morgan fingerprint density at radius 3 is 3.11 bits per heavy atom. The lowest BCUT2D eigenvalue weighted by Gasteiger charge is -1.86. The summed E-state index contributed by atoms with van der Waals surface area (Å²) in [6.45, 7) is 0. The molecule has 0 aromatic carbocycles. The molecule has 47 valence electrons. The van der Waals surface area contributed by atoms with Crippen LogP contribution in [0.25, 0.3) is 0 Å². The molecule has 1 aromatic rings. The summed E-state index contributed by atoms with van der Waals surface area (Å²) in [6, 6.07) is 1.77. The van der Waals surface area contributed by atoms with Crippen LogP contribution in [0.5, 0.6) is 0 Å². The van der Waals surface area contributed by atoms with Gasteiger partial charge in [-0.2, -0.15) is 0 Å². The standard InChI is InChI=1S/C6H6NOS/c7-6(8)3-5-1-2-9-4-5/h1,4H,3H2,(H2,7,8). The fourth-order valence-electron chi connectivity index (χ4n) is 0.547. The highest BCUT2D eigenvalue weighted by molar-refractivity contribution is 7.07. The second-order valence-electron chi connectivity index (χ2n) is 1.72. The Kier molecular flexibility index (Phi) is 1.85. The molecule has 0 fully saturated rings. The van der Waals surface area contributed by atoms with Gasteiger partial charge in [-0.3, -0.25) is 4.79 Å². The third-order valence-electron chi connectivity index (χ3n) is 0.901. The molecule has 9 heavy (non-hydrogen) atoms. The first-order valence-electron chi connectivity index (χ1n) is 2.51. The van der Waals surface area contributed by atoms with Gasteiger partial charge in [-0.15, -0.1) is 11.3 Å². The summed E-state index contributed by atoms with van der Waals surface area (Å²) in [7, 11) is 0. The second-order valence-corrected chi connectivity index (χ2v) is 2.42. The lowest BCUT2D eigenvalue weighted by Crippen LogP contribution is -2.12. The van der Waals surface area contributed by atoms with Crippen molar-refractivity contribution in [2.24, 2.45) is 5.73 Å². The number of nitrogens with two attached hydrogens (primary N) is 1. The Morgan fingerprint density at radius 2 is 2.67 bits per heavy atom. The highest BCUT2D eigenvalue weighted by Gasteiger charge is 1.96. The fraction of sp³-hybridized carbons (Fsp3) is 0.167. The molecule has 1 heterocycles. The Hall–Kier alpha value is -0.830. The normalized spacial score (nSPS) is 9.33. The minimum absolute atomic E-state index is 0.290. The number of amides is 1. The van der Waals surface area contributed by atoms with Crippen LogP contribution in [0.2, 0.25) is 0 Å². The molecule has 0 unspecified atom stereocenters. The maximum atomic E-state index is 10.3. The maximum Gasteiger partial charge on any atom is 0.221 e. The van der Waals surface area contributed by atoms with Crippen LogP contribution in [-0.2, 0) is 11.2 Å². The van der Waals surface area contributed by atoms with Gasteiger partial charge >= 0.3 is 0 Å². The van der Waals surface area contributed by atoms with Crippen LogP contribution in [0.15, 0.2) is 11.4 Å². The van der Waals surface area contributed by atoms with E-state index in [9.17, 15) is 4.79 Å². The zero-order valence-corrected chi connectivity index (χ0v) is 5.57. The van der Waals surface area contributed by atoms with E-state index in [1.807, 2.05) is 5.38 Å². The minimum atomic E-state index is -0.290. The number of carbonyl (C=O) groups excluding carboxylic acids is 1. The molecular formula is C6H6NOS. The van der Waals surface area contributed by atoms with Crippen LogP contribution in [0.1, 0.15) is 5.56 Å². The van der Waals surface area contributed by atoms with Gasteiger partial charge in [-0.05, 0) is 17.0 Å². The molecule has 1 amide bonds. The molecule has 2 N–H and O–H groups in total. The van der Waals surface area contributed by atoms with E-state index in [4.69, 9.17) is 5.73 Å². The second kappa shape index (κ2) is 2.64. The lowest BCUT2D eigenvalue weighted by molar-refractivity contribution is -0.117. The van der Waals surface area contributed by atoms with E-state index < -0.39 is 0 Å². The Balaban J connectivity index is 2.58. The van der Waals surface area contributed by atoms with E-state index in [2.05, 4.69) is 5.38 Å². The first-order chi connectivity index (χ1) is 4.29. The molecule has 3 heteroatoms. The number of hydrogen-bond donors (Lipinski definition) is 1. The van der Waals surface area contributed by atoms with Crippen molar-refractivity contribution < 1.29 is 4.79 Å². The summed E-state index contributed by atoms with van der Waals surface area (Å²) >= 11 is 1.45. The fourth-order valence-corrected chi connectivity index (χ4v) is 1.14. The summed E-state index contributed by atoms with van der Waals surface area (Å²) < 4.78 is 0. The Morgan fingerprint density at radius 1 is 1.89 bits per heavy atom. The summed E-state index contributed by atoms with van der Waals surface area (Å²) in [5.41, 5.74) is 5.89.